The number of amides is 1. The first-order valence-electron chi connectivity index (χ1n) is 6.55. The van der Waals surface area contributed by atoms with Gasteiger partial charge in [0.1, 0.15) is 5.15 Å². The van der Waals surface area contributed by atoms with E-state index in [1.54, 1.807) is 12.1 Å². The van der Waals surface area contributed by atoms with Crippen LogP contribution in [0.15, 0.2) is 36.5 Å². The summed E-state index contributed by atoms with van der Waals surface area (Å²) in [6.07, 6.45) is 1.34. The van der Waals surface area contributed by atoms with Crippen LogP contribution < -0.4 is 10.6 Å². The molecule has 1 aromatic carbocycles. The molecule has 2 N–H and O–H groups in total. The summed E-state index contributed by atoms with van der Waals surface area (Å²) in [5.74, 6) is -0.318. The molecule has 2 aromatic rings. The van der Waals surface area contributed by atoms with Gasteiger partial charge in [0.15, 0.2) is 0 Å². The Kier molecular flexibility index (Phi) is 5.72. The van der Waals surface area contributed by atoms with Gasteiger partial charge in [0.2, 0.25) is 0 Å². The van der Waals surface area contributed by atoms with Gasteiger partial charge in [0.05, 0.1) is 15.5 Å². The standard InChI is InChI=1S/C14H12Cl2N4O3/c15-12-7-9(8-19-13(12)16)14(21)18-6-5-17-10-1-3-11(4-2-10)20(22)23/h1-4,7-8,17H,5-6H2,(H,18,21). The summed E-state index contributed by atoms with van der Waals surface area (Å²) in [5.41, 5.74) is 1.06. The van der Waals surface area contributed by atoms with Gasteiger partial charge in [-0.15, -0.1) is 0 Å². The van der Waals surface area contributed by atoms with E-state index in [0.717, 1.165) is 5.69 Å². The lowest BCUT2D eigenvalue weighted by molar-refractivity contribution is -0.384. The maximum absolute atomic E-state index is 11.9. The van der Waals surface area contributed by atoms with E-state index >= 15 is 0 Å². The van der Waals surface area contributed by atoms with E-state index in [-0.39, 0.29) is 21.8 Å². The molecule has 7 nitrogen and oxygen atoms in total. The number of benzene rings is 1. The van der Waals surface area contributed by atoms with Crippen LogP contribution in [-0.4, -0.2) is 28.9 Å². The molecule has 23 heavy (non-hydrogen) atoms. The molecule has 120 valence electrons. The molecule has 0 aliphatic carbocycles. The largest absolute Gasteiger partial charge is 0.383 e. The minimum atomic E-state index is -0.463. The summed E-state index contributed by atoms with van der Waals surface area (Å²) in [5, 5.41) is 16.6. The molecule has 0 bridgehead atoms. The van der Waals surface area contributed by atoms with Gasteiger partial charge in [-0.25, -0.2) is 4.98 Å². The Balaban J connectivity index is 1.79. The molecule has 9 heteroatoms. The first-order chi connectivity index (χ1) is 11.0. The highest BCUT2D eigenvalue weighted by Gasteiger charge is 2.08. The second-order valence-corrected chi connectivity index (χ2v) is 5.25. The van der Waals surface area contributed by atoms with Crippen LogP contribution >= 0.6 is 23.2 Å². The smallest absolute Gasteiger partial charge is 0.269 e. The molecule has 0 saturated heterocycles. The van der Waals surface area contributed by atoms with E-state index < -0.39 is 4.92 Å². The van der Waals surface area contributed by atoms with E-state index in [2.05, 4.69) is 15.6 Å². The van der Waals surface area contributed by atoms with Gasteiger partial charge in [-0.3, -0.25) is 14.9 Å². The van der Waals surface area contributed by atoms with Gasteiger partial charge in [-0.05, 0) is 18.2 Å². The Morgan fingerprint density at radius 2 is 1.91 bits per heavy atom. The summed E-state index contributed by atoms with van der Waals surface area (Å²) in [7, 11) is 0. The number of nitrogens with zero attached hydrogens (tertiary/aromatic N) is 2. The molecule has 0 radical (unpaired) electrons. The molecular weight excluding hydrogens is 343 g/mol. The molecule has 0 fully saturated rings. The third-order valence-electron chi connectivity index (χ3n) is 2.88. The summed E-state index contributed by atoms with van der Waals surface area (Å²) >= 11 is 11.5. The van der Waals surface area contributed by atoms with Crippen molar-refractivity contribution in [3.05, 3.63) is 62.4 Å². The van der Waals surface area contributed by atoms with Crippen molar-refractivity contribution in [3.63, 3.8) is 0 Å². The van der Waals surface area contributed by atoms with Crippen LogP contribution in [0, 0.1) is 10.1 Å². The Hall–Kier alpha value is -2.38. The van der Waals surface area contributed by atoms with E-state index in [9.17, 15) is 14.9 Å². The van der Waals surface area contributed by atoms with Crippen molar-refractivity contribution >= 4 is 40.5 Å². The maximum atomic E-state index is 11.9. The predicted octanol–water partition coefficient (Wildman–Crippen LogP) is 3.14. The number of anilines is 1. The average Bonchev–Trinajstić information content (AvgIpc) is 2.54. The van der Waals surface area contributed by atoms with Crippen LogP contribution in [0.25, 0.3) is 0 Å². The summed E-state index contributed by atoms with van der Waals surface area (Å²) in [6.45, 7) is 0.814. The van der Waals surface area contributed by atoms with Crippen LogP contribution in [0.4, 0.5) is 11.4 Å². The number of aromatic nitrogens is 1. The highest BCUT2D eigenvalue weighted by atomic mass is 35.5. The molecule has 0 spiro atoms. The van der Waals surface area contributed by atoms with E-state index in [1.165, 1.54) is 24.4 Å². The highest BCUT2D eigenvalue weighted by Crippen LogP contribution is 2.19. The zero-order valence-corrected chi connectivity index (χ0v) is 13.3. The van der Waals surface area contributed by atoms with Gasteiger partial charge in [-0.1, -0.05) is 23.2 Å². The van der Waals surface area contributed by atoms with Crippen LogP contribution in [0.2, 0.25) is 10.2 Å². The number of hydrogen-bond acceptors (Lipinski definition) is 5. The van der Waals surface area contributed by atoms with Crippen molar-refractivity contribution in [1.29, 1.82) is 0 Å². The fourth-order valence-corrected chi connectivity index (χ4v) is 2.00. The number of hydrogen-bond donors (Lipinski definition) is 2. The van der Waals surface area contributed by atoms with Gasteiger partial charge in [-0.2, -0.15) is 0 Å². The Labute approximate surface area is 141 Å². The maximum Gasteiger partial charge on any atom is 0.269 e. The summed E-state index contributed by atoms with van der Waals surface area (Å²) < 4.78 is 0. The predicted molar refractivity (Wildman–Crippen MR) is 88.2 cm³/mol. The SMILES string of the molecule is O=C(NCCNc1ccc([N+](=O)[O-])cc1)c1cnc(Cl)c(Cl)c1. The molecule has 0 aliphatic heterocycles. The topological polar surface area (TPSA) is 97.2 Å². The van der Waals surface area contributed by atoms with Crippen LogP contribution in [0.5, 0.6) is 0 Å². The van der Waals surface area contributed by atoms with Gasteiger partial charge in [0.25, 0.3) is 11.6 Å². The first kappa shape index (κ1) is 17.0. The molecule has 2 rings (SSSR count). The number of nitrogens with one attached hydrogen (secondary N) is 2. The zero-order valence-electron chi connectivity index (χ0n) is 11.8. The normalized spacial score (nSPS) is 10.2. The third-order valence-corrected chi connectivity index (χ3v) is 3.56. The number of halogens is 2. The van der Waals surface area contributed by atoms with Gasteiger partial charge < -0.3 is 10.6 Å². The van der Waals surface area contributed by atoms with Crippen LogP contribution in [0.1, 0.15) is 10.4 Å². The quantitative estimate of drug-likeness (QED) is 0.359. The third kappa shape index (κ3) is 4.80. The fraction of sp³-hybridized carbons (Fsp3) is 0.143. The van der Waals surface area contributed by atoms with Gasteiger partial charge in [0, 0.05) is 37.1 Å². The number of non-ortho nitro benzene ring substituents is 1. The monoisotopic (exact) mass is 354 g/mol. The zero-order chi connectivity index (χ0) is 16.8. The summed E-state index contributed by atoms with van der Waals surface area (Å²) in [6, 6.07) is 7.45. The molecule has 0 unspecified atom stereocenters. The van der Waals surface area contributed by atoms with Crippen molar-refractivity contribution in [2.45, 2.75) is 0 Å². The van der Waals surface area contributed by atoms with Crippen LogP contribution in [0.3, 0.4) is 0 Å². The molecule has 0 aliphatic rings. The molecule has 1 aromatic heterocycles. The number of carbonyl (C=O) groups excluding carboxylic acids is 1. The Bertz CT molecular complexity index is 722. The number of carbonyl (C=O) groups is 1. The number of nitro groups is 1. The van der Waals surface area contributed by atoms with Crippen molar-refractivity contribution in [1.82, 2.24) is 10.3 Å². The van der Waals surface area contributed by atoms with Crippen LogP contribution in [-0.2, 0) is 0 Å². The van der Waals surface area contributed by atoms with Gasteiger partial charge >= 0.3 is 0 Å². The van der Waals surface area contributed by atoms with Crippen molar-refractivity contribution < 1.29 is 9.72 Å². The number of rotatable bonds is 6. The van der Waals surface area contributed by atoms with Crippen molar-refractivity contribution in [2.75, 3.05) is 18.4 Å². The minimum Gasteiger partial charge on any atom is -0.383 e. The summed E-state index contributed by atoms with van der Waals surface area (Å²) in [4.78, 5) is 25.8. The van der Waals surface area contributed by atoms with E-state index in [4.69, 9.17) is 23.2 Å². The van der Waals surface area contributed by atoms with Crippen molar-refractivity contribution in [3.8, 4) is 0 Å². The first-order valence-corrected chi connectivity index (χ1v) is 7.30. The highest BCUT2D eigenvalue weighted by molar-refractivity contribution is 6.41. The fourth-order valence-electron chi connectivity index (χ4n) is 1.73. The number of pyridine rings is 1. The van der Waals surface area contributed by atoms with Crippen molar-refractivity contribution in [2.24, 2.45) is 0 Å². The lowest BCUT2D eigenvalue weighted by Gasteiger charge is -2.08. The van der Waals surface area contributed by atoms with E-state index in [0.29, 0.717) is 18.7 Å². The lowest BCUT2D eigenvalue weighted by Crippen LogP contribution is -2.28. The molecule has 0 saturated carbocycles. The van der Waals surface area contributed by atoms with E-state index in [1.807, 2.05) is 0 Å². The molecule has 1 amide bonds. The number of nitro benzene ring substituents is 1. The second kappa shape index (κ2) is 7.75. The molecule has 0 atom stereocenters. The minimum absolute atomic E-state index is 0.0240. The molecule has 1 heterocycles. The lowest BCUT2D eigenvalue weighted by atomic mass is 10.2. The molecular formula is C14H12Cl2N4O3. The Morgan fingerprint density at radius 3 is 2.52 bits per heavy atom. The second-order valence-electron chi connectivity index (χ2n) is 4.48. The average molecular weight is 355 g/mol. The Morgan fingerprint density at radius 1 is 1.22 bits per heavy atom.